The SMILES string of the molecule is C=C([CH](C1CCCCC1)[Sn]([CH2]CCC)([CH2]CCC)[CH2]CCC)[Si](C)(C)C. The standard InChI is InChI=1S/C12H23Si.3C4H9.Sn/c1-11(13(2,3)4)10-12-8-6-5-7-9-12;3*1-3-4-2;/h10,12H,1,5-9H2,2-4H3;3*1,3-4H2,2H3;. The van der Waals surface area contributed by atoms with Gasteiger partial charge in [0.2, 0.25) is 0 Å². The molecule has 0 aromatic carbocycles. The van der Waals surface area contributed by atoms with Crippen molar-refractivity contribution in [1.29, 1.82) is 0 Å². The minimum atomic E-state index is -2.26. The van der Waals surface area contributed by atoms with Gasteiger partial charge >= 0.3 is 172 Å². The van der Waals surface area contributed by atoms with Crippen LogP contribution >= 0.6 is 0 Å². The van der Waals surface area contributed by atoms with Crippen LogP contribution in [-0.2, 0) is 0 Å². The van der Waals surface area contributed by atoms with Crippen molar-refractivity contribution < 1.29 is 0 Å². The fourth-order valence-corrected chi connectivity index (χ4v) is 32.2. The third-order valence-corrected chi connectivity index (χ3v) is 27.9. The summed E-state index contributed by atoms with van der Waals surface area (Å²) in [7, 11) is -1.28. The molecular formula is C24H50SiSn. The van der Waals surface area contributed by atoms with Gasteiger partial charge in [-0.2, -0.15) is 0 Å². The summed E-state index contributed by atoms with van der Waals surface area (Å²) in [6.45, 7) is 19.9. The molecule has 0 aliphatic heterocycles. The normalized spacial score (nSPS) is 18.1. The molecule has 1 unspecified atom stereocenters. The maximum atomic E-state index is 4.91. The molecule has 0 bridgehead atoms. The Morgan fingerprint density at radius 2 is 1.27 bits per heavy atom. The first-order valence-electron chi connectivity index (χ1n) is 12.0. The third-order valence-electron chi connectivity index (χ3n) is 7.20. The van der Waals surface area contributed by atoms with Gasteiger partial charge < -0.3 is 0 Å². The quantitative estimate of drug-likeness (QED) is 0.228. The molecule has 0 aromatic rings. The monoisotopic (exact) mass is 486 g/mol. The van der Waals surface area contributed by atoms with E-state index >= 15 is 0 Å². The topological polar surface area (TPSA) is 0 Å². The molecular weight excluding hydrogens is 435 g/mol. The van der Waals surface area contributed by atoms with Crippen molar-refractivity contribution in [1.82, 2.24) is 0 Å². The van der Waals surface area contributed by atoms with Crippen LogP contribution < -0.4 is 0 Å². The van der Waals surface area contributed by atoms with E-state index in [1.165, 1.54) is 70.6 Å². The Bertz CT molecular complexity index is 368. The Balaban J connectivity index is 3.31. The summed E-state index contributed by atoms with van der Waals surface area (Å²) in [5.41, 5.74) is 0. The predicted octanol–water partition coefficient (Wildman–Crippen LogP) is 9.22. The maximum absolute atomic E-state index is 4.91. The van der Waals surface area contributed by atoms with Gasteiger partial charge in [0, 0.05) is 0 Å². The van der Waals surface area contributed by atoms with Crippen LogP contribution in [0.4, 0.5) is 0 Å². The van der Waals surface area contributed by atoms with E-state index in [9.17, 15) is 0 Å². The van der Waals surface area contributed by atoms with E-state index in [0.717, 1.165) is 9.85 Å². The van der Waals surface area contributed by atoms with E-state index in [-0.39, 0.29) is 0 Å². The number of hydrogen-bond acceptors (Lipinski definition) is 0. The molecule has 1 saturated carbocycles. The Morgan fingerprint density at radius 1 is 0.846 bits per heavy atom. The van der Waals surface area contributed by atoms with Crippen molar-refractivity contribution in [3.63, 3.8) is 0 Å². The van der Waals surface area contributed by atoms with Gasteiger partial charge in [-0.25, -0.2) is 0 Å². The average molecular weight is 485 g/mol. The molecule has 2 heteroatoms. The Morgan fingerprint density at radius 3 is 1.62 bits per heavy atom. The first-order valence-corrected chi connectivity index (χ1v) is 23.2. The van der Waals surface area contributed by atoms with E-state index in [4.69, 9.17) is 6.58 Å². The van der Waals surface area contributed by atoms with Gasteiger partial charge in [0.15, 0.2) is 0 Å². The zero-order valence-corrected chi connectivity index (χ0v) is 23.1. The van der Waals surface area contributed by atoms with Crippen LogP contribution in [-0.4, -0.2) is 26.5 Å². The number of hydrogen-bond donors (Lipinski definition) is 0. The molecule has 0 aromatic heterocycles. The van der Waals surface area contributed by atoms with E-state index in [0.29, 0.717) is 0 Å². The van der Waals surface area contributed by atoms with Crippen molar-refractivity contribution in [3.05, 3.63) is 11.8 Å². The van der Waals surface area contributed by atoms with Crippen LogP contribution in [0, 0.1) is 5.92 Å². The zero-order chi connectivity index (χ0) is 19.6. The molecule has 1 aliphatic rings. The summed E-state index contributed by atoms with van der Waals surface area (Å²) in [6.07, 6.45) is 16.2. The molecule has 0 spiro atoms. The molecule has 0 amide bonds. The van der Waals surface area contributed by atoms with Gasteiger partial charge in [-0.15, -0.1) is 0 Å². The molecule has 1 aliphatic carbocycles. The molecule has 0 heterocycles. The molecule has 0 saturated heterocycles. The fourth-order valence-electron chi connectivity index (χ4n) is 5.52. The summed E-state index contributed by atoms with van der Waals surface area (Å²) in [4.78, 5) is 0. The van der Waals surface area contributed by atoms with Crippen molar-refractivity contribution in [3.8, 4) is 0 Å². The molecule has 0 N–H and O–H groups in total. The van der Waals surface area contributed by atoms with E-state index in [1.807, 2.05) is 5.20 Å². The number of unbranched alkanes of at least 4 members (excludes halogenated alkanes) is 3. The Labute approximate surface area is 171 Å². The van der Waals surface area contributed by atoms with E-state index in [2.05, 4.69) is 40.4 Å². The molecule has 0 nitrogen and oxygen atoms in total. The molecule has 26 heavy (non-hydrogen) atoms. The number of rotatable bonds is 13. The molecule has 1 atom stereocenters. The van der Waals surface area contributed by atoms with E-state index < -0.39 is 26.5 Å². The van der Waals surface area contributed by atoms with Crippen LogP contribution in [0.25, 0.3) is 0 Å². The Kier molecular flexibility index (Phi) is 11.8. The first kappa shape index (κ1) is 24.8. The molecule has 0 radical (unpaired) electrons. The van der Waals surface area contributed by atoms with Crippen molar-refractivity contribution in [2.24, 2.45) is 5.92 Å². The van der Waals surface area contributed by atoms with Crippen molar-refractivity contribution in [2.75, 3.05) is 0 Å². The summed E-state index contributed by atoms with van der Waals surface area (Å²) < 4.78 is 6.00. The van der Waals surface area contributed by atoms with Gasteiger partial charge in [-0.1, -0.05) is 0 Å². The summed E-state index contributed by atoms with van der Waals surface area (Å²) in [5.74, 6) is 1.02. The summed E-state index contributed by atoms with van der Waals surface area (Å²) >= 11 is -2.26. The summed E-state index contributed by atoms with van der Waals surface area (Å²) in [6, 6.07) is 0. The third kappa shape index (κ3) is 7.30. The Hall–Kier alpha value is 0.756. The van der Waals surface area contributed by atoms with Gasteiger partial charge in [0.05, 0.1) is 0 Å². The van der Waals surface area contributed by atoms with Gasteiger partial charge in [-0.05, 0) is 0 Å². The van der Waals surface area contributed by atoms with Crippen LogP contribution in [0.2, 0.25) is 36.9 Å². The van der Waals surface area contributed by atoms with Crippen molar-refractivity contribution in [2.45, 2.75) is 128 Å². The minimum absolute atomic E-state index is 1.01. The van der Waals surface area contributed by atoms with Gasteiger partial charge in [0.25, 0.3) is 0 Å². The first-order chi connectivity index (χ1) is 12.3. The fraction of sp³-hybridized carbons (Fsp3) is 0.917. The summed E-state index contributed by atoms with van der Waals surface area (Å²) in [5, 5.41) is 1.81. The average Bonchev–Trinajstić information content (AvgIpc) is 2.62. The molecule has 1 fully saturated rings. The van der Waals surface area contributed by atoms with Crippen LogP contribution in [0.5, 0.6) is 0 Å². The van der Waals surface area contributed by atoms with Gasteiger partial charge in [0.1, 0.15) is 0 Å². The molecule has 154 valence electrons. The van der Waals surface area contributed by atoms with Crippen LogP contribution in [0.1, 0.15) is 91.4 Å². The second-order valence-electron chi connectivity index (χ2n) is 10.3. The second-order valence-corrected chi connectivity index (χ2v) is 29.3. The second kappa shape index (κ2) is 12.3. The predicted molar refractivity (Wildman–Crippen MR) is 128 cm³/mol. The van der Waals surface area contributed by atoms with E-state index in [1.54, 1.807) is 13.3 Å². The number of allylic oxidation sites excluding steroid dienone is 1. The zero-order valence-electron chi connectivity index (χ0n) is 19.3. The van der Waals surface area contributed by atoms with Crippen molar-refractivity contribution >= 4 is 26.5 Å². The molecule has 1 rings (SSSR count). The van der Waals surface area contributed by atoms with Crippen LogP contribution in [0.3, 0.4) is 0 Å². The van der Waals surface area contributed by atoms with Gasteiger partial charge in [-0.3, -0.25) is 0 Å². The van der Waals surface area contributed by atoms with Crippen LogP contribution in [0.15, 0.2) is 11.8 Å².